The largest absolute Gasteiger partial charge is 0.459 e. The number of carbonyl (C=O) groups excluding carboxylic acids is 1. The summed E-state index contributed by atoms with van der Waals surface area (Å²) in [7, 11) is 1.65. The van der Waals surface area contributed by atoms with Crippen LogP contribution in [0.2, 0.25) is 0 Å². The van der Waals surface area contributed by atoms with Crippen molar-refractivity contribution in [1.82, 2.24) is 10.2 Å². The van der Waals surface area contributed by atoms with Gasteiger partial charge in [0.1, 0.15) is 17.3 Å². The highest BCUT2D eigenvalue weighted by atomic mass is 19.1. The molecule has 128 valence electrons. The Morgan fingerprint density at radius 1 is 1.38 bits per heavy atom. The number of nitrogens with zero attached hydrogens (tertiary/aromatic N) is 1. The lowest BCUT2D eigenvalue weighted by atomic mass is 10.1. The molecular formula is C18H21FN2O3. The average Bonchev–Trinajstić information content (AvgIpc) is 3.32. The molecule has 0 saturated heterocycles. The number of hydrogen-bond acceptors (Lipinski definition) is 3. The zero-order chi connectivity index (χ0) is 17.1. The fourth-order valence-electron chi connectivity index (χ4n) is 2.57. The van der Waals surface area contributed by atoms with E-state index in [9.17, 15) is 14.3 Å². The first kappa shape index (κ1) is 16.5. The number of benzene rings is 1. The molecule has 1 atom stereocenters. The number of nitrogens with one attached hydrogen (secondary N) is 1. The van der Waals surface area contributed by atoms with E-state index >= 15 is 0 Å². The second-order valence-corrected chi connectivity index (χ2v) is 6.19. The molecule has 1 aliphatic carbocycles. The van der Waals surface area contributed by atoms with Crippen molar-refractivity contribution in [2.45, 2.75) is 25.5 Å². The summed E-state index contributed by atoms with van der Waals surface area (Å²) in [5.74, 6) is 0.942. The summed E-state index contributed by atoms with van der Waals surface area (Å²) in [5.41, 5.74) is 0.389. The van der Waals surface area contributed by atoms with Crippen LogP contribution in [0.4, 0.5) is 9.18 Å². The van der Waals surface area contributed by atoms with E-state index in [1.165, 1.54) is 11.0 Å². The molecule has 1 heterocycles. The van der Waals surface area contributed by atoms with E-state index in [1.54, 1.807) is 37.4 Å². The van der Waals surface area contributed by atoms with E-state index in [4.69, 9.17) is 4.42 Å². The van der Waals surface area contributed by atoms with Crippen LogP contribution in [0.25, 0.3) is 11.3 Å². The Hall–Kier alpha value is -2.34. The molecule has 3 rings (SSSR count). The normalized spacial score (nSPS) is 15.1. The summed E-state index contributed by atoms with van der Waals surface area (Å²) in [6.45, 7) is 0.520. The molecule has 2 N–H and O–H groups in total. The smallest absolute Gasteiger partial charge is 0.317 e. The minimum absolute atomic E-state index is 0.206. The molecule has 2 aromatic rings. The summed E-state index contributed by atoms with van der Waals surface area (Å²) >= 11 is 0. The molecule has 5 nitrogen and oxygen atoms in total. The molecule has 1 saturated carbocycles. The van der Waals surface area contributed by atoms with Crippen molar-refractivity contribution in [1.29, 1.82) is 0 Å². The SMILES string of the molecule is CN(C[C@H](O)C1CC1)C(=O)NCc1ccc(-c2ccccc2F)o1. The molecule has 2 amide bonds. The van der Waals surface area contributed by atoms with Gasteiger partial charge >= 0.3 is 6.03 Å². The lowest BCUT2D eigenvalue weighted by Crippen LogP contribution is -2.41. The topological polar surface area (TPSA) is 65.7 Å². The number of furan rings is 1. The summed E-state index contributed by atoms with van der Waals surface area (Å²) < 4.78 is 19.3. The van der Waals surface area contributed by atoms with E-state index in [-0.39, 0.29) is 18.4 Å². The monoisotopic (exact) mass is 332 g/mol. The van der Waals surface area contributed by atoms with Crippen molar-refractivity contribution in [3.63, 3.8) is 0 Å². The lowest BCUT2D eigenvalue weighted by molar-refractivity contribution is 0.113. The Bertz CT molecular complexity index is 712. The highest BCUT2D eigenvalue weighted by molar-refractivity contribution is 5.73. The summed E-state index contributed by atoms with van der Waals surface area (Å²) in [4.78, 5) is 13.5. The van der Waals surface area contributed by atoms with Crippen LogP contribution >= 0.6 is 0 Å². The summed E-state index contributed by atoms with van der Waals surface area (Å²) in [6.07, 6.45) is 1.60. The van der Waals surface area contributed by atoms with Crippen molar-refractivity contribution in [3.05, 3.63) is 48.0 Å². The first-order valence-electron chi connectivity index (χ1n) is 8.05. The van der Waals surface area contributed by atoms with E-state index in [0.717, 1.165) is 12.8 Å². The third-order valence-corrected chi connectivity index (χ3v) is 4.19. The van der Waals surface area contributed by atoms with E-state index in [1.807, 2.05) is 0 Å². The van der Waals surface area contributed by atoms with Crippen LogP contribution in [-0.4, -0.2) is 35.7 Å². The number of aliphatic hydroxyl groups excluding tert-OH is 1. The first-order valence-corrected chi connectivity index (χ1v) is 8.05. The van der Waals surface area contributed by atoms with E-state index in [0.29, 0.717) is 29.5 Å². The molecule has 0 radical (unpaired) electrons. The first-order chi connectivity index (χ1) is 11.5. The zero-order valence-electron chi connectivity index (χ0n) is 13.5. The van der Waals surface area contributed by atoms with Crippen LogP contribution in [-0.2, 0) is 6.54 Å². The van der Waals surface area contributed by atoms with Gasteiger partial charge in [-0.3, -0.25) is 0 Å². The third-order valence-electron chi connectivity index (χ3n) is 4.19. The van der Waals surface area contributed by atoms with Gasteiger partial charge in [0.25, 0.3) is 0 Å². The Labute approximate surface area is 140 Å². The molecule has 1 fully saturated rings. The molecule has 0 spiro atoms. The molecule has 0 aliphatic heterocycles. The maximum absolute atomic E-state index is 13.7. The number of halogens is 1. The maximum Gasteiger partial charge on any atom is 0.317 e. The number of urea groups is 1. The Morgan fingerprint density at radius 3 is 2.83 bits per heavy atom. The Balaban J connectivity index is 1.53. The van der Waals surface area contributed by atoms with E-state index in [2.05, 4.69) is 5.32 Å². The maximum atomic E-state index is 13.7. The van der Waals surface area contributed by atoms with Crippen LogP contribution in [0.15, 0.2) is 40.8 Å². The Kier molecular flexibility index (Phi) is 4.85. The molecule has 1 aromatic heterocycles. The molecule has 24 heavy (non-hydrogen) atoms. The fourth-order valence-corrected chi connectivity index (χ4v) is 2.57. The molecule has 1 aliphatic rings. The van der Waals surface area contributed by atoms with Gasteiger partial charge in [-0.15, -0.1) is 0 Å². The van der Waals surface area contributed by atoms with Gasteiger partial charge in [-0.05, 0) is 43.0 Å². The van der Waals surface area contributed by atoms with Crippen molar-refractivity contribution in [3.8, 4) is 11.3 Å². The number of aliphatic hydroxyl groups is 1. The minimum atomic E-state index is -0.461. The van der Waals surface area contributed by atoms with Gasteiger partial charge < -0.3 is 19.7 Å². The minimum Gasteiger partial charge on any atom is -0.459 e. The van der Waals surface area contributed by atoms with Gasteiger partial charge in [0.2, 0.25) is 0 Å². The molecule has 0 bridgehead atoms. The van der Waals surface area contributed by atoms with Gasteiger partial charge in [0, 0.05) is 13.6 Å². The van der Waals surface area contributed by atoms with Crippen molar-refractivity contribution < 1.29 is 18.7 Å². The molecule has 6 heteroatoms. The molecule has 0 unspecified atom stereocenters. The average molecular weight is 332 g/mol. The van der Waals surface area contributed by atoms with Gasteiger partial charge in [0.05, 0.1) is 18.2 Å². The van der Waals surface area contributed by atoms with Gasteiger partial charge in [-0.1, -0.05) is 12.1 Å². The van der Waals surface area contributed by atoms with Crippen LogP contribution < -0.4 is 5.32 Å². The second-order valence-electron chi connectivity index (χ2n) is 6.19. The van der Waals surface area contributed by atoms with Crippen LogP contribution in [0.5, 0.6) is 0 Å². The quantitative estimate of drug-likeness (QED) is 0.855. The van der Waals surface area contributed by atoms with Crippen molar-refractivity contribution in [2.24, 2.45) is 5.92 Å². The fraction of sp³-hybridized carbons (Fsp3) is 0.389. The third kappa shape index (κ3) is 3.94. The summed E-state index contributed by atoms with van der Waals surface area (Å²) in [5, 5.41) is 12.6. The highest BCUT2D eigenvalue weighted by Crippen LogP contribution is 2.32. The van der Waals surface area contributed by atoms with Crippen LogP contribution in [0.1, 0.15) is 18.6 Å². The standard InChI is InChI=1S/C18H21FN2O3/c1-21(11-16(22)12-6-7-12)18(23)20-10-13-8-9-17(24-13)14-4-2-3-5-15(14)19/h2-5,8-9,12,16,22H,6-7,10-11H2,1H3,(H,20,23)/t16-/m0/s1. The molecule has 1 aromatic carbocycles. The second kappa shape index (κ2) is 7.05. The zero-order valence-corrected chi connectivity index (χ0v) is 13.5. The predicted molar refractivity (Wildman–Crippen MR) is 87.7 cm³/mol. The van der Waals surface area contributed by atoms with E-state index < -0.39 is 6.10 Å². The summed E-state index contributed by atoms with van der Waals surface area (Å²) in [6, 6.07) is 9.49. The Morgan fingerprint density at radius 2 is 2.12 bits per heavy atom. The highest BCUT2D eigenvalue weighted by Gasteiger charge is 2.31. The number of rotatable bonds is 6. The van der Waals surface area contributed by atoms with Gasteiger partial charge in [0.15, 0.2) is 0 Å². The number of hydrogen-bond donors (Lipinski definition) is 2. The van der Waals surface area contributed by atoms with Crippen LogP contribution in [0, 0.1) is 11.7 Å². The molecular weight excluding hydrogens is 311 g/mol. The lowest BCUT2D eigenvalue weighted by Gasteiger charge is -2.20. The number of likely N-dealkylation sites (N-methyl/N-ethyl adjacent to an activating group) is 1. The van der Waals surface area contributed by atoms with Crippen LogP contribution in [0.3, 0.4) is 0 Å². The number of carbonyl (C=O) groups is 1. The van der Waals surface area contributed by atoms with Gasteiger partial charge in [-0.2, -0.15) is 0 Å². The van der Waals surface area contributed by atoms with Gasteiger partial charge in [-0.25, -0.2) is 9.18 Å². The van der Waals surface area contributed by atoms with Crippen molar-refractivity contribution >= 4 is 6.03 Å². The predicted octanol–water partition coefficient (Wildman–Crippen LogP) is 3.00. The van der Waals surface area contributed by atoms with Crippen molar-refractivity contribution in [2.75, 3.05) is 13.6 Å². The number of amides is 2.